The number of hydrogen-bond donors (Lipinski definition) is 0. The van der Waals surface area contributed by atoms with Crippen LogP contribution in [0.15, 0.2) is 24.3 Å². The van der Waals surface area contributed by atoms with E-state index >= 15 is 0 Å². The molecular formula is C13H15FO2. The van der Waals surface area contributed by atoms with Gasteiger partial charge in [-0.3, -0.25) is 4.79 Å². The van der Waals surface area contributed by atoms with E-state index in [0.717, 1.165) is 5.56 Å². The van der Waals surface area contributed by atoms with Crippen molar-refractivity contribution in [1.82, 2.24) is 0 Å². The van der Waals surface area contributed by atoms with E-state index in [2.05, 4.69) is 0 Å². The van der Waals surface area contributed by atoms with Gasteiger partial charge in [0.25, 0.3) is 0 Å². The number of halogens is 1. The lowest BCUT2D eigenvalue weighted by molar-refractivity contribution is -0.145. The average molecular weight is 222 g/mol. The van der Waals surface area contributed by atoms with Crippen LogP contribution in [0.25, 0.3) is 0 Å². The second-order valence-electron chi connectivity index (χ2n) is 4.24. The molecule has 0 bridgehead atoms. The smallest absolute Gasteiger partial charge is 0.312 e. The number of aryl methyl sites for hydroxylation is 1. The van der Waals surface area contributed by atoms with Gasteiger partial charge in [0.1, 0.15) is 5.67 Å². The highest BCUT2D eigenvalue weighted by molar-refractivity contribution is 5.78. The van der Waals surface area contributed by atoms with E-state index in [9.17, 15) is 9.18 Å². The van der Waals surface area contributed by atoms with E-state index in [1.54, 1.807) is 19.1 Å². The van der Waals surface area contributed by atoms with Crippen LogP contribution >= 0.6 is 0 Å². The molecule has 1 fully saturated rings. The summed E-state index contributed by atoms with van der Waals surface area (Å²) in [4.78, 5) is 11.4. The number of carbonyl (C=O) groups is 1. The second kappa shape index (κ2) is 3.89. The predicted molar refractivity (Wildman–Crippen MR) is 58.7 cm³/mol. The molecule has 0 spiro atoms. The number of carbonyl (C=O) groups excluding carboxylic acids is 1. The van der Waals surface area contributed by atoms with Crippen molar-refractivity contribution in [2.24, 2.45) is 5.92 Å². The summed E-state index contributed by atoms with van der Waals surface area (Å²) in [7, 11) is 0. The van der Waals surface area contributed by atoms with Crippen LogP contribution in [0.4, 0.5) is 4.39 Å². The highest BCUT2D eigenvalue weighted by Gasteiger charge is 2.61. The van der Waals surface area contributed by atoms with Crippen LogP contribution in [-0.4, -0.2) is 12.6 Å². The standard InChI is InChI=1S/C13H15FO2/c1-3-16-12(15)11-8-13(11,14)10-6-4-5-9(2)7-10/h4-7,11H,3,8H2,1-2H3/t11-,13+/m1/s1. The molecule has 0 heterocycles. The van der Waals surface area contributed by atoms with Crippen LogP contribution in [0, 0.1) is 12.8 Å². The SMILES string of the molecule is CCOC(=O)[C@H]1C[C@]1(F)c1cccc(C)c1. The second-order valence-corrected chi connectivity index (χ2v) is 4.24. The number of ether oxygens (including phenoxy) is 1. The molecule has 0 saturated heterocycles. The van der Waals surface area contributed by atoms with Gasteiger partial charge in [0.2, 0.25) is 0 Å². The molecule has 1 aromatic rings. The third-order valence-corrected chi connectivity index (χ3v) is 2.96. The number of benzene rings is 1. The molecule has 1 saturated carbocycles. The molecule has 0 amide bonds. The molecule has 1 aromatic carbocycles. The molecule has 2 rings (SSSR count). The van der Waals surface area contributed by atoms with Gasteiger partial charge in [-0.15, -0.1) is 0 Å². The summed E-state index contributed by atoms with van der Waals surface area (Å²) in [5.74, 6) is -1.04. The van der Waals surface area contributed by atoms with Gasteiger partial charge in [-0.05, 0) is 19.4 Å². The Hall–Kier alpha value is -1.38. The predicted octanol–water partition coefficient (Wildman–Crippen LogP) is 2.74. The van der Waals surface area contributed by atoms with Gasteiger partial charge in [0.05, 0.1) is 12.5 Å². The highest BCUT2D eigenvalue weighted by atomic mass is 19.1. The van der Waals surface area contributed by atoms with Crippen molar-refractivity contribution in [3.63, 3.8) is 0 Å². The fourth-order valence-electron chi connectivity index (χ4n) is 1.97. The molecule has 2 nitrogen and oxygen atoms in total. The van der Waals surface area contributed by atoms with E-state index in [1.165, 1.54) is 0 Å². The largest absolute Gasteiger partial charge is 0.466 e. The zero-order chi connectivity index (χ0) is 11.8. The van der Waals surface area contributed by atoms with E-state index < -0.39 is 17.6 Å². The lowest BCUT2D eigenvalue weighted by atomic mass is 10.0. The van der Waals surface area contributed by atoms with E-state index in [1.807, 2.05) is 19.1 Å². The van der Waals surface area contributed by atoms with Crippen LogP contribution < -0.4 is 0 Å². The monoisotopic (exact) mass is 222 g/mol. The maximum atomic E-state index is 14.3. The Labute approximate surface area is 94.4 Å². The lowest BCUT2D eigenvalue weighted by Crippen LogP contribution is -2.13. The normalized spacial score (nSPS) is 27.6. The van der Waals surface area contributed by atoms with E-state index in [-0.39, 0.29) is 6.42 Å². The molecule has 0 N–H and O–H groups in total. The molecule has 2 atom stereocenters. The van der Waals surface area contributed by atoms with Crippen LogP contribution in [0.5, 0.6) is 0 Å². The van der Waals surface area contributed by atoms with Crippen LogP contribution in [0.1, 0.15) is 24.5 Å². The van der Waals surface area contributed by atoms with Gasteiger partial charge >= 0.3 is 5.97 Å². The van der Waals surface area contributed by atoms with Crippen molar-refractivity contribution >= 4 is 5.97 Å². The van der Waals surface area contributed by atoms with Gasteiger partial charge in [0, 0.05) is 6.42 Å². The van der Waals surface area contributed by atoms with Gasteiger partial charge in [0.15, 0.2) is 0 Å². The first-order valence-corrected chi connectivity index (χ1v) is 5.50. The van der Waals surface area contributed by atoms with Crippen molar-refractivity contribution in [2.45, 2.75) is 25.9 Å². The minimum absolute atomic E-state index is 0.245. The minimum Gasteiger partial charge on any atom is -0.466 e. The summed E-state index contributed by atoms with van der Waals surface area (Å²) in [5, 5.41) is 0. The Morgan fingerprint density at radius 1 is 1.62 bits per heavy atom. The molecule has 1 aliphatic carbocycles. The van der Waals surface area contributed by atoms with Crippen molar-refractivity contribution in [3.05, 3.63) is 35.4 Å². The Balaban J connectivity index is 2.15. The zero-order valence-corrected chi connectivity index (χ0v) is 9.50. The first-order chi connectivity index (χ1) is 7.58. The lowest BCUT2D eigenvalue weighted by Gasteiger charge is -2.08. The molecule has 0 aromatic heterocycles. The molecule has 0 radical (unpaired) electrons. The molecule has 3 heteroatoms. The first kappa shape index (κ1) is 11.1. The number of esters is 1. The molecular weight excluding hydrogens is 207 g/mol. The number of rotatable bonds is 3. The highest BCUT2D eigenvalue weighted by Crippen LogP contribution is 2.56. The third kappa shape index (κ3) is 1.82. The summed E-state index contributed by atoms with van der Waals surface area (Å²) in [6.45, 7) is 3.95. The topological polar surface area (TPSA) is 26.3 Å². The van der Waals surface area contributed by atoms with Crippen molar-refractivity contribution in [2.75, 3.05) is 6.61 Å². The summed E-state index contributed by atoms with van der Waals surface area (Å²) < 4.78 is 19.2. The number of alkyl halides is 1. The number of hydrogen-bond acceptors (Lipinski definition) is 2. The van der Waals surface area contributed by atoms with Gasteiger partial charge in [-0.1, -0.05) is 29.8 Å². The first-order valence-electron chi connectivity index (χ1n) is 5.50. The third-order valence-electron chi connectivity index (χ3n) is 2.96. The van der Waals surface area contributed by atoms with Gasteiger partial charge in [-0.2, -0.15) is 0 Å². The minimum atomic E-state index is -1.50. The van der Waals surface area contributed by atoms with Gasteiger partial charge < -0.3 is 4.74 Å². The molecule has 86 valence electrons. The van der Waals surface area contributed by atoms with Crippen molar-refractivity contribution in [3.8, 4) is 0 Å². The molecule has 0 aliphatic heterocycles. The molecule has 1 aliphatic rings. The quantitative estimate of drug-likeness (QED) is 0.735. The average Bonchev–Trinajstić information content (AvgIpc) is 2.93. The van der Waals surface area contributed by atoms with E-state index in [0.29, 0.717) is 12.2 Å². The van der Waals surface area contributed by atoms with Gasteiger partial charge in [-0.25, -0.2) is 4.39 Å². The molecule has 0 unspecified atom stereocenters. The maximum absolute atomic E-state index is 14.3. The fraction of sp³-hybridized carbons (Fsp3) is 0.462. The summed E-state index contributed by atoms with van der Waals surface area (Å²) in [6, 6.07) is 7.24. The zero-order valence-electron chi connectivity index (χ0n) is 9.50. The Bertz CT molecular complexity index is 416. The van der Waals surface area contributed by atoms with Crippen molar-refractivity contribution < 1.29 is 13.9 Å². The summed E-state index contributed by atoms with van der Waals surface area (Å²) in [5.41, 5.74) is 0.0905. The Morgan fingerprint density at radius 2 is 2.38 bits per heavy atom. The van der Waals surface area contributed by atoms with Crippen LogP contribution in [0.2, 0.25) is 0 Å². The Kier molecular flexibility index (Phi) is 2.70. The summed E-state index contributed by atoms with van der Waals surface area (Å²) in [6.07, 6.45) is 0.245. The molecule has 16 heavy (non-hydrogen) atoms. The van der Waals surface area contributed by atoms with Crippen LogP contribution in [0.3, 0.4) is 0 Å². The maximum Gasteiger partial charge on any atom is 0.312 e. The fourth-order valence-corrected chi connectivity index (χ4v) is 1.97. The Morgan fingerprint density at radius 3 is 3.00 bits per heavy atom. The van der Waals surface area contributed by atoms with Crippen LogP contribution in [-0.2, 0) is 15.2 Å². The summed E-state index contributed by atoms with van der Waals surface area (Å²) >= 11 is 0. The van der Waals surface area contributed by atoms with E-state index in [4.69, 9.17) is 4.74 Å². The van der Waals surface area contributed by atoms with Crippen molar-refractivity contribution in [1.29, 1.82) is 0 Å².